The molecule has 0 bridgehead atoms. The molecular formula is C11H11F3N2. The van der Waals surface area contributed by atoms with Crippen LogP contribution in [-0.2, 0) is 0 Å². The van der Waals surface area contributed by atoms with Gasteiger partial charge in [-0.2, -0.15) is 18.4 Å². The highest BCUT2D eigenvalue weighted by Gasteiger charge is 2.28. The van der Waals surface area contributed by atoms with E-state index in [4.69, 9.17) is 5.26 Å². The lowest BCUT2D eigenvalue weighted by atomic mass is 10.0. The average molecular weight is 228 g/mol. The molecule has 0 fully saturated rings. The quantitative estimate of drug-likeness (QED) is 0.860. The number of nitriles is 1. The predicted octanol–water partition coefficient (Wildman–Crippen LogP) is 2.79. The Morgan fingerprint density at radius 1 is 1.25 bits per heavy atom. The van der Waals surface area contributed by atoms with Crippen LogP contribution < -0.4 is 5.32 Å². The van der Waals surface area contributed by atoms with Gasteiger partial charge in [0.2, 0.25) is 0 Å². The summed E-state index contributed by atoms with van der Waals surface area (Å²) in [6, 6.07) is 9.93. The molecule has 1 aromatic rings. The van der Waals surface area contributed by atoms with Crippen LogP contribution in [0.4, 0.5) is 13.2 Å². The molecule has 0 saturated heterocycles. The van der Waals surface area contributed by atoms with Crippen molar-refractivity contribution < 1.29 is 13.2 Å². The van der Waals surface area contributed by atoms with E-state index < -0.39 is 18.8 Å². The molecule has 0 spiro atoms. The Labute approximate surface area is 91.7 Å². The molecule has 0 aliphatic heterocycles. The number of hydrogen-bond donors (Lipinski definition) is 1. The van der Waals surface area contributed by atoms with E-state index in [9.17, 15) is 13.2 Å². The molecule has 1 aromatic carbocycles. The predicted molar refractivity (Wildman–Crippen MR) is 53.5 cm³/mol. The van der Waals surface area contributed by atoms with Crippen molar-refractivity contribution in [2.24, 2.45) is 0 Å². The number of nitrogens with zero attached hydrogens (tertiary/aromatic N) is 1. The van der Waals surface area contributed by atoms with Gasteiger partial charge in [0.15, 0.2) is 0 Å². The van der Waals surface area contributed by atoms with E-state index >= 15 is 0 Å². The molecule has 0 saturated carbocycles. The van der Waals surface area contributed by atoms with Crippen LogP contribution in [0.15, 0.2) is 30.3 Å². The van der Waals surface area contributed by atoms with Crippen molar-refractivity contribution in [3.63, 3.8) is 0 Å². The summed E-state index contributed by atoms with van der Waals surface area (Å²) in [6.45, 7) is -1.09. The second-order valence-electron chi connectivity index (χ2n) is 3.32. The SMILES string of the molecule is N#CCC(NCC(F)(F)F)c1ccccc1. The first kappa shape index (κ1) is 12.5. The third-order valence-corrected chi connectivity index (χ3v) is 2.05. The van der Waals surface area contributed by atoms with Crippen LogP contribution >= 0.6 is 0 Å². The summed E-state index contributed by atoms with van der Waals surface area (Å²) in [6.07, 6.45) is -4.25. The van der Waals surface area contributed by atoms with Crippen LogP contribution in [0.2, 0.25) is 0 Å². The first-order valence-corrected chi connectivity index (χ1v) is 4.75. The minimum absolute atomic E-state index is 0.0140. The summed E-state index contributed by atoms with van der Waals surface area (Å²) in [7, 11) is 0. The standard InChI is InChI=1S/C11H11F3N2/c12-11(13,14)8-16-10(6-7-15)9-4-2-1-3-5-9/h1-5,10,16H,6,8H2. The van der Waals surface area contributed by atoms with Crippen molar-refractivity contribution >= 4 is 0 Å². The zero-order chi connectivity index (χ0) is 12.0. The largest absolute Gasteiger partial charge is 0.401 e. The lowest BCUT2D eigenvalue weighted by molar-refractivity contribution is -0.126. The van der Waals surface area contributed by atoms with Gasteiger partial charge in [0.1, 0.15) is 0 Å². The zero-order valence-electron chi connectivity index (χ0n) is 8.46. The molecule has 0 aromatic heterocycles. The van der Waals surface area contributed by atoms with Crippen molar-refractivity contribution in [3.05, 3.63) is 35.9 Å². The lowest BCUT2D eigenvalue weighted by Crippen LogP contribution is -2.32. The highest BCUT2D eigenvalue weighted by Crippen LogP contribution is 2.19. The molecule has 2 nitrogen and oxygen atoms in total. The molecule has 5 heteroatoms. The van der Waals surface area contributed by atoms with Gasteiger partial charge in [-0.15, -0.1) is 0 Å². The van der Waals surface area contributed by atoms with Crippen molar-refractivity contribution in [1.82, 2.24) is 5.32 Å². The van der Waals surface area contributed by atoms with Gasteiger partial charge in [-0.05, 0) is 5.56 Å². The molecule has 1 unspecified atom stereocenters. The Morgan fingerprint density at radius 2 is 1.88 bits per heavy atom. The molecule has 0 heterocycles. The second-order valence-corrected chi connectivity index (χ2v) is 3.32. The van der Waals surface area contributed by atoms with Crippen LogP contribution in [0.3, 0.4) is 0 Å². The monoisotopic (exact) mass is 228 g/mol. The third-order valence-electron chi connectivity index (χ3n) is 2.05. The first-order chi connectivity index (χ1) is 7.53. The Morgan fingerprint density at radius 3 is 2.38 bits per heavy atom. The third kappa shape index (κ3) is 4.32. The van der Waals surface area contributed by atoms with Gasteiger partial charge in [-0.25, -0.2) is 0 Å². The van der Waals surface area contributed by atoms with E-state index in [1.807, 2.05) is 6.07 Å². The molecule has 0 aliphatic carbocycles. The van der Waals surface area contributed by atoms with Crippen molar-refractivity contribution in [1.29, 1.82) is 5.26 Å². The summed E-state index contributed by atoms with van der Waals surface area (Å²) in [5.74, 6) is 0. The van der Waals surface area contributed by atoms with Crippen molar-refractivity contribution in [2.45, 2.75) is 18.6 Å². The molecular weight excluding hydrogens is 217 g/mol. The number of benzene rings is 1. The highest BCUT2D eigenvalue weighted by molar-refractivity contribution is 5.19. The maximum atomic E-state index is 12.0. The van der Waals surface area contributed by atoms with Gasteiger partial charge in [-0.1, -0.05) is 30.3 Å². The molecule has 86 valence electrons. The minimum Gasteiger partial charge on any atom is -0.301 e. The summed E-state index contributed by atoms with van der Waals surface area (Å²) in [5, 5.41) is 10.9. The topological polar surface area (TPSA) is 35.8 Å². The van der Waals surface area contributed by atoms with Gasteiger partial charge in [0, 0.05) is 6.04 Å². The van der Waals surface area contributed by atoms with Crippen LogP contribution in [0, 0.1) is 11.3 Å². The van der Waals surface area contributed by atoms with Gasteiger partial charge in [0.05, 0.1) is 19.0 Å². The van der Waals surface area contributed by atoms with Crippen LogP contribution in [0.1, 0.15) is 18.0 Å². The number of alkyl halides is 3. The molecule has 1 rings (SSSR count). The smallest absolute Gasteiger partial charge is 0.301 e. The Balaban J connectivity index is 2.66. The van der Waals surface area contributed by atoms with E-state index in [1.54, 1.807) is 30.3 Å². The van der Waals surface area contributed by atoms with Crippen molar-refractivity contribution in [3.8, 4) is 6.07 Å². The summed E-state index contributed by atoms with van der Waals surface area (Å²) in [4.78, 5) is 0. The summed E-state index contributed by atoms with van der Waals surface area (Å²) in [5.41, 5.74) is 0.688. The number of hydrogen-bond acceptors (Lipinski definition) is 2. The Bertz CT molecular complexity index is 354. The van der Waals surface area contributed by atoms with E-state index in [1.165, 1.54) is 0 Å². The summed E-state index contributed by atoms with van der Waals surface area (Å²) >= 11 is 0. The number of rotatable bonds is 4. The fourth-order valence-electron chi connectivity index (χ4n) is 1.32. The van der Waals surface area contributed by atoms with Crippen LogP contribution in [0.25, 0.3) is 0 Å². The summed E-state index contributed by atoms with van der Waals surface area (Å²) < 4.78 is 36.1. The van der Waals surface area contributed by atoms with Gasteiger partial charge >= 0.3 is 6.18 Å². The van der Waals surface area contributed by atoms with E-state index in [0.717, 1.165) is 0 Å². The molecule has 16 heavy (non-hydrogen) atoms. The second kappa shape index (κ2) is 5.52. The fraction of sp³-hybridized carbons (Fsp3) is 0.364. The van der Waals surface area contributed by atoms with E-state index in [0.29, 0.717) is 5.56 Å². The molecule has 0 aliphatic rings. The normalized spacial score (nSPS) is 13.1. The van der Waals surface area contributed by atoms with Crippen molar-refractivity contribution in [2.75, 3.05) is 6.54 Å². The average Bonchev–Trinajstić information content (AvgIpc) is 2.24. The zero-order valence-corrected chi connectivity index (χ0v) is 8.46. The van der Waals surface area contributed by atoms with Crippen LogP contribution in [0.5, 0.6) is 0 Å². The lowest BCUT2D eigenvalue weighted by Gasteiger charge is -2.17. The Hall–Kier alpha value is -1.54. The number of nitrogens with one attached hydrogen (secondary N) is 1. The van der Waals surface area contributed by atoms with E-state index in [-0.39, 0.29) is 6.42 Å². The van der Waals surface area contributed by atoms with Gasteiger partial charge < -0.3 is 5.32 Å². The highest BCUT2D eigenvalue weighted by atomic mass is 19.4. The van der Waals surface area contributed by atoms with Gasteiger partial charge in [0.25, 0.3) is 0 Å². The van der Waals surface area contributed by atoms with E-state index in [2.05, 4.69) is 5.32 Å². The molecule has 0 radical (unpaired) electrons. The van der Waals surface area contributed by atoms with Gasteiger partial charge in [-0.3, -0.25) is 0 Å². The van der Waals surface area contributed by atoms with Crippen LogP contribution in [-0.4, -0.2) is 12.7 Å². The molecule has 1 N–H and O–H groups in total. The maximum Gasteiger partial charge on any atom is 0.401 e. The molecule has 1 atom stereocenters. The fourth-order valence-corrected chi connectivity index (χ4v) is 1.32. The maximum absolute atomic E-state index is 12.0. The number of halogens is 3. The Kier molecular flexibility index (Phi) is 4.32. The first-order valence-electron chi connectivity index (χ1n) is 4.75. The molecule has 0 amide bonds. The minimum atomic E-state index is -4.26.